The molecular weight excluding hydrogens is 364 g/mol. The van der Waals surface area contributed by atoms with Crippen LogP contribution in [0.2, 0.25) is 0 Å². The third-order valence-corrected chi connectivity index (χ3v) is 4.78. The molecule has 0 radical (unpaired) electrons. The van der Waals surface area contributed by atoms with Crippen LogP contribution in [0.1, 0.15) is 29.7 Å². The second-order valence-electron chi connectivity index (χ2n) is 6.93. The Morgan fingerprint density at radius 3 is 2.43 bits per heavy atom. The van der Waals surface area contributed by atoms with Crippen LogP contribution in [0.4, 0.5) is 13.6 Å². The molecule has 1 atom stereocenters. The number of carbonyl (C=O) groups excluding carboxylic acids is 1. The minimum Gasteiger partial charge on any atom is -0.379 e. The summed E-state index contributed by atoms with van der Waals surface area (Å²) in [5.74, 6) is -1.83. The second kappa shape index (κ2) is 9.61. The maximum atomic E-state index is 13.3. The molecule has 0 unspecified atom stereocenters. The summed E-state index contributed by atoms with van der Waals surface area (Å²) < 4.78 is 31.7. The van der Waals surface area contributed by atoms with Crippen molar-refractivity contribution in [2.45, 2.75) is 26.1 Å². The van der Waals surface area contributed by atoms with Gasteiger partial charge in [-0.1, -0.05) is 30.3 Å². The summed E-state index contributed by atoms with van der Waals surface area (Å²) in [6.07, 6.45) is 0. The number of nitrogens with zero attached hydrogens (tertiary/aromatic N) is 1. The zero-order chi connectivity index (χ0) is 19.9. The molecule has 7 heteroatoms. The number of nitrogens with one attached hydrogen (secondary N) is 2. The van der Waals surface area contributed by atoms with Gasteiger partial charge in [0.05, 0.1) is 19.3 Å². The highest BCUT2D eigenvalue weighted by Gasteiger charge is 2.12. The maximum absolute atomic E-state index is 13.3. The van der Waals surface area contributed by atoms with E-state index in [1.54, 1.807) is 6.92 Å². The molecule has 1 aliphatic rings. The Morgan fingerprint density at radius 1 is 1.07 bits per heavy atom. The van der Waals surface area contributed by atoms with Gasteiger partial charge in [-0.25, -0.2) is 13.6 Å². The molecule has 2 aromatic rings. The van der Waals surface area contributed by atoms with Crippen molar-refractivity contribution in [2.24, 2.45) is 0 Å². The van der Waals surface area contributed by atoms with Gasteiger partial charge in [-0.2, -0.15) is 0 Å². The summed E-state index contributed by atoms with van der Waals surface area (Å²) in [4.78, 5) is 14.4. The Hall–Kier alpha value is -2.51. The highest BCUT2D eigenvalue weighted by Crippen LogP contribution is 2.16. The van der Waals surface area contributed by atoms with Crippen molar-refractivity contribution in [1.82, 2.24) is 15.5 Å². The number of benzene rings is 2. The van der Waals surface area contributed by atoms with Gasteiger partial charge < -0.3 is 15.4 Å². The van der Waals surface area contributed by atoms with Gasteiger partial charge >= 0.3 is 6.03 Å². The smallest absolute Gasteiger partial charge is 0.315 e. The molecule has 1 saturated heterocycles. The topological polar surface area (TPSA) is 53.6 Å². The van der Waals surface area contributed by atoms with E-state index in [0.29, 0.717) is 12.1 Å². The lowest BCUT2D eigenvalue weighted by Crippen LogP contribution is -2.36. The van der Waals surface area contributed by atoms with Crippen LogP contribution in [-0.2, 0) is 17.8 Å². The van der Waals surface area contributed by atoms with E-state index in [4.69, 9.17) is 4.74 Å². The molecule has 2 N–H and O–H groups in total. The number of carbonyl (C=O) groups is 1. The fraction of sp³-hybridized carbons (Fsp3) is 0.381. The van der Waals surface area contributed by atoms with E-state index in [2.05, 4.69) is 27.7 Å². The summed E-state index contributed by atoms with van der Waals surface area (Å²) in [6.45, 7) is 6.43. The lowest BCUT2D eigenvalue weighted by Gasteiger charge is -2.26. The van der Waals surface area contributed by atoms with Crippen LogP contribution >= 0.6 is 0 Å². The minimum absolute atomic E-state index is 0.366. The molecular formula is C21H25F2N3O2. The van der Waals surface area contributed by atoms with Crippen LogP contribution in [0.25, 0.3) is 0 Å². The normalized spacial score (nSPS) is 15.8. The van der Waals surface area contributed by atoms with E-state index in [1.165, 1.54) is 11.6 Å². The highest BCUT2D eigenvalue weighted by molar-refractivity contribution is 5.74. The molecule has 28 heavy (non-hydrogen) atoms. The van der Waals surface area contributed by atoms with Crippen LogP contribution in [0.3, 0.4) is 0 Å². The first-order valence-corrected chi connectivity index (χ1v) is 9.38. The van der Waals surface area contributed by atoms with E-state index >= 15 is 0 Å². The van der Waals surface area contributed by atoms with Gasteiger partial charge in [-0.05, 0) is 35.7 Å². The van der Waals surface area contributed by atoms with Crippen molar-refractivity contribution in [3.8, 4) is 0 Å². The Bertz CT molecular complexity index is 793. The van der Waals surface area contributed by atoms with Crippen molar-refractivity contribution in [1.29, 1.82) is 0 Å². The molecule has 5 nitrogen and oxygen atoms in total. The molecule has 0 spiro atoms. The predicted octanol–water partition coefficient (Wildman–Crippen LogP) is 3.36. The third-order valence-electron chi connectivity index (χ3n) is 4.78. The number of amides is 2. The minimum atomic E-state index is -0.927. The Kier molecular flexibility index (Phi) is 6.95. The standard InChI is InChI=1S/C21H25F2N3O2/c1-15(18-6-7-19(22)20(23)12-18)25-21(27)24-13-16-2-4-17(5-3-16)14-26-8-10-28-11-9-26/h2-7,12,15H,8-11,13-14H2,1H3,(H2,24,25,27)/t15-/m0/s1. The average Bonchev–Trinajstić information content (AvgIpc) is 2.70. The van der Waals surface area contributed by atoms with Gasteiger partial charge in [0.2, 0.25) is 0 Å². The molecule has 1 fully saturated rings. The first kappa shape index (κ1) is 20.2. The fourth-order valence-corrected chi connectivity index (χ4v) is 3.08. The maximum Gasteiger partial charge on any atom is 0.315 e. The number of hydrogen-bond acceptors (Lipinski definition) is 3. The van der Waals surface area contributed by atoms with E-state index in [-0.39, 0.29) is 6.03 Å². The van der Waals surface area contributed by atoms with E-state index in [0.717, 1.165) is 50.5 Å². The number of rotatable bonds is 6. The molecule has 0 aromatic heterocycles. The van der Waals surface area contributed by atoms with Crippen LogP contribution in [-0.4, -0.2) is 37.2 Å². The quantitative estimate of drug-likeness (QED) is 0.797. The lowest BCUT2D eigenvalue weighted by molar-refractivity contribution is 0.0342. The molecule has 1 aliphatic heterocycles. The van der Waals surface area contributed by atoms with E-state index in [1.807, 2.05) is 12.1 Å². The summed E-state index contributed by atoms with van der Waals surface area (Å²) >= 11 is 0. The lowest BCUT2D eigenvalue weighted by atomic mass is 10.1. The Morgan fingerprint density at radius 2 is 1.75 bits per heavy atom. The van der Waals surface area contributed by atoms with Crippen LogP contribution in [0.15, 0.2) is 42.5 Å². The summed E-state index contributed by atoms with van der Waals surface area (Å²) in [7, 11) is 0. The van der Waals surface area contributed by atoms with Crippen molar-refractivity contribution < 1.29 is 18.3 Å². The monoisotopic (exact) mass is 389 g/mol. The van der Waals surface area contributed by atoms with E-state index < -0.39 is 17.7 Å². The number of hydrogen-bond donors (Lipinski definition) is 2. The zero-order valence-electron chi connectivity index (χ0n) is 15.9. The fourth-order valence-electron chi connectivity index (χ4n) is 3.08. The number of morpholine rings is 1. The SMILES string of the molecule is C[C@H](NC(=O)NCc1ccc(CN2CCOCC2)cc1)c1ccc(F)c(F)c1. The van der Waals surface area contributed by atoms with Gasteiger partial charge in [0.15, 0.2) is 11.6 Å². The first-order valence-electron chi connectivity index (χ1n) is 9.38. The summed E-state index contributed by atoms with van der Waals surface area (Å²) in [6, 6.07) is 10.9. The van der Waals surface area contributed by atoms with Gasteiger partial charge in [-0.3, -0.25) is 4.90 Å². The first-order chi connectivity index (χ1) is 13.5. The summed E-state index contributed by atoms with van der Waals surface area (Å²) in [5, 5.41) is 5.50. The van der Waals surface area contributed by atoms with E-state index in [9.17, 15) is 13.6 Å². The molecule has 0 aliphatic carbocycles. The third kappa shape index (κ3) is 5.74. The van der Waals surface area contributed by atoms with Gasteiger partial charge in [-0.15, -0.1) is 0 Å². The molecule has 2 aromatic carbocycles. The molecule has 1 heterocycles. The molecule has 150 valence electrons. The van der Waals surface area contributed by atoms with Crippen LogP contribution in [0.5, 0.6) is 0 Å². The van der Waals surface area contributed by atoms with Crippen molar-refractivity contribution in [3.63, 3.8) is 0 Å². The average molecular weight is 389 g/mol. The Labute approximate surface area is 163 Å². The Balaban J connectivity index is 1.45. The van der Waals surface area contributed by atoms with Crippen molar-refractivity contribution >= 4 is 6.03 Å². The van der Waals surface area contributed by atoms with Crippen LogP contribution < -0.4 is 10.6 Å². The van der Waals surface area contributed by atoms with Crippen molar-refractivity contribution in [2.75, 3.05) is 26.3 Å². The summed E-state index contributed by atoms with van der Waals surface area (Å²) in [5.41, 5.74) is 2.71. The second-order valence-corrected chi connectivity index (χ2v) is 6.93. The van der Waals surface area contributed by atoms with Gasteiger partial charge in [0.25, 0.3) is 0 Å². The van der Waals surface area contributed by atoms with Crippen molar-refractivity contribution in [3.05, 3.63) is 70.8 Å². The molecule has 3 rings (SSSR count). The zero-order valence-corrected chi connectivity index (χ0v) is 15.9. The molecule has 2 amide bonds. The number of urea groups is 1. The number of halogens is 2. The highest BCUT2D eigenvalue weighted by atomic mass is 19.2. The van der Waals surface area contributed by atoms with Crippen LogP contribution in [0, 0.1) is 11.6 Å². The molecule has 0 saturated carbocycles. The molecule has 0 bridgehead atoms. The predicted molar refractivity (Wildman–Crippen MR) is 103 cm³/mol. The largest absolute Gasteiger partial charge is 0.379 e. The van der Waals surface area contributed by atoms with Gasteiger partial charge in [0.1, 0.15) is 0 Å². The number of ether oxygens (including phenoxy) is 1. The van der Waals surface area contributed by atoms with Gasteiger partial charge in [0, 0.05) is 26.2 Å².